The van der Waals surface area contributed by atoms with Gasteiger partial charge in [0.2, 0.25) is 11.8 Å². The van der Waals surface area contributed by atoms with E-state index in [2.05, 4.69) is 10.0 Å². The molecular formula is C27H33ClF3N3O9S3. The maximum atomic E-state index is 13.9. The number of thiophene rings is 1. The largest absolute Gasteiger partial charge is 0.497 e. The lowest BCUT2D eigenvalue weighted by Gasteiger charge is -2.30. The number of nitrogens with one attached hydrogen (secondary N) is 2. The maximum absolute atomic E-state index is 13.9. The van der Waals surface area contributed by atoms with Crippen molar-refractivity contribution in [3.63, 3.8) is 0 Å². The van der Waals surface area contributed by atoms with Gasteiger partial charge in [-0.25, -0.2) is 16.8 Å². The first-order valence-corrected chi connectivity index (χ1v) is 17.6. The monoisotopic (exact) mass is 731 g/mol. The average molecular weight is 732 g/mol. The molecule has 1 aliphatic heterocycles. The van der Waals surface area contributed by atoms with E-state index in [0.29, 0.717) is 22.6 Å². The fourth-order valence-corrected chi connectivity index (χ4v) is 8.78. The van der Waals surface area contributed by atoms with E-state index in [9.17, 15) is 44.4 Å². The minimum atomic E-state index is -5.27. The van der Waals surface area contributed by atoms with Crippen LogP contribution in [0, 0.1) is 11.8 Å². The van der Waals surface area contributed by atoms with Crippen LogP contribution in [0.3, 0.4) is 0 Å². The Morgan fingerprint density at radius 3 is 2.22 bits per heavy atom. The van der Waals surface area contributed by atoms with Crippen molar-refractivity contribution in [2.45, 2.75) is 54.0 Å². The molecule has 0 saturated carbocycles. The molecule has 2 heterocycles. The average Bonchev–Trinajstić information content (AvgIpc) is 3.62. The maximum Gasteiger partial charge on any atom is 0.452 e. The summed E-state index contributed by atoms with van der Waals surface area (Å²) in [6.07, 6.45) is -5.61. The van der Waals surface area contributed by atoms with Crippen LogP contribution in [0.4, 0.5) is 13.2 Å². The number of rotatable bonds is 14. The first kappa shape index (κ1) is 37.7. The zero-order chi connectivity index (χ0) is 34.6. The molecule has 1 aliphatic rings. The highest BCUT2D eigenvalue weighted by atomic mass is 35.5. The lowest BCUT2D eigenvalue weighted by molar-refractivity contribution is -0.175. The second-order valence-corrected chi connectivity index (χ2v) is 15.6. The Morgan fingerprint density at radius 2 is 1.74 bits per heavy atom. The fourth-order valence-electron chi connectivity index (χ4n) is 5.13. The smallest absolute Gasteiger partial charge is 0.452 e. The quantitative estimate of drug-likeness (QED) is 0.248. The molecule has 1 aromatic heterocycles. The van der Waals surface area contributed by atoms with Crippen LogP contribution in [0.2, 0.25) is 4.34 Å². The van der Waals surface area contributed by atoms with Crippen LogP contribution < -0.4 is 14.8 Å². The highest BCUT2D eigenvalue weighted by Gasteiger charge is 2.49. The van der Waals surface area contributed by atoms with Crippen LogP contribution in [0.5, 0.6) is 5.75 Å². The third kappa shape index (κ3) is 8.97. The number of hydrogen-bond acceptors (Lipinski definition) is 10. The molecule has 1 unspecified atom stereocenters. The Hall–Kier alpha value is -2.77. The SMILES string of the molecule is COC[C@H](NS(=O)(=O)c1ccc(Cl)s1)C(=O)N1C[C@H](C(c2ccc(OC)cc2)[SH](=O)=O)C[C@H]1C(=O)N[C@H](C(=O)C(F)(F)F)C(C)C. The molecule has 0 aliphatic carbocycles. The van der Waals surface area contributed by atoms with Crippen LogP contribution in [0.25, 0.3) is 0 Å². The number of thiol groups is 1. The molecule has 46 heavy (non-hydrogen) atoms. The second-order valence-electron chi connectivity index (χ2n) is 10.8. The number of hydrogen-bond donors (Lipinski definition) is 3. The number of amides is 2. The molecular weight excluding hydrogens is 699 g/mol. The van der Waals surface area contributed by atoms with Gasteiger partial charge in [-0.15, -0.1) is 11.3 Å². The van der Waals surface area contributed by atoms with Crippen molar-refractivity contribution in [2.75, 3.05) is 27.4 Å². The molecule has 12 nitrogen and oxygen atoms in total. The number of methoxy groups -OCH3 is 2. The van der Waals surface area contributed by atoms with E-state index in [-0.39, 0.29) is 15.0 Å². The first-order chi connectivity index (χ1) is 21.4. The molecule has 0 spiro atoms. The lowest BCUT2D eigenvalue weighted by atomic mass is 9.95. The molecule has 0 bridgehead atoms. The summed E-state index contributed by atoms with van der Waals surface area (Å²) in [5, 5.41) is 0.836. The molecule has 1 saturated heterocycles. The van der Waals surface area contributed by atoms with Gasteiger partial charge in [-0.2, -0.15) is 17.9 Å². The van der Waals surface area contributed by atoms with Gasteiger partial charge >= 0.3 is 6.18 Å². The topological polar surface area (TPSA) is 165 Å². The third-order valence-electron chi connectivity index (χ3n) is 7.32. The lowest BCUT2D eigenvalue weighted by Crippen LogP contribution is -2.57. The Bertz CT molecular complexity index is 1590. The number of halogens is 4. The van der Waals surface area contributed by atoms with Crippen molar-refractivity contribution in [1.29, 1.82) is 0 Å². The van der Waals surface area contributed by atoms with Crippen LogP contribution >= 0.6 is 22.9 Å². The van der Waals surface area contributed by atoms with Gasteiger partial charge in [0.05, 0.1) is 29.3 Å². The third-order valence-corrected chi connectivity index (χ3v) is 11.7. The van der Waals surface area contributed by atoms with Gasteiger partial charge < -0.3 is 19.7 Å². The van der Waals surface area contributed by atoms with Gasteiger partial charge in [0.15, 0.2) is 0 Å². The van der Waals surface area contributed by atoms with E-state index in [1.807, 2.05) is 0 Å². The number of benzene rings is 1. The Balaban J connectivity index is 2.03. The van der Waals surface area contributed by atoms with Gasteiger partial charge in [0, 0.05) is 13.7 Å². The minimum Gasteiger partial charge on any atom is -0.497 e. The van der Waals surface area contributed by atoms with Crippen LogP contribution in [0.1, 0.15) is 31.1 Å². The van der Waals surface area contributed by atoms with E-state index in [0.717, 1.165) is 4.90 Å². The summed E-state index contributed by atoms with van der Waals surface area (Å²) in [4.78, 5) is 40.6. The van der Waals surface area contributed by atoms with Gasteiger partial charge in [0.1, 0.15) is 32.7 Å². The minimum absolute atomic E-state index is 0.151. The standard InChI is InChI=1S/C27H33ClF3N3O9S3/c1-14(2)22(24(35)27(29,30)31)32-25(36)19-11-16(23(45(38)39)15-5-7-17(43-4)8-6-15)12-34(19)26(37)18(13-42-3)33-46(40,41)21-10-9-20(28)44-21/h5-10,14,16,18-19,22-23,33,45H,11-13H2,1-4H3,(H,32,36)/t16-,18+,19+,22+,23?/m1/s1. The predicted octanol–water partition coefficient (Wildman–Crippen LogP) is 2.55. The van der Waals surface area contributed by atoms with Crippen LogP contribution in [-0.4, -0.2) is 91.0 Å². The predicted molar refractivity (Wildman–Crippen MR) is 163 cm³/mol. The zero-order valence-electron chi connectivity index (χ0n) is 24.9. The number of ether oxygens (including phenoxy) is 2. The van der Waals surface area contributed by atoms with Crippen molar-refractivity contribution in [3.05, 3.63) is 46.3 Å². The molecule has 0 radical (unpaired) electrons. The van der Waals surface area contributed by atoms with Crippen molar-refractivity contribution in [3.8, 4) is 5.75 Å². The first-order valence-electron chi connectivity index (χ1n) is 13.7. The van der Waals surface area contributed by atoms with Gasteiger partial charge in [-0.05, 0) is 48.1 Å². The van der Waals surface area contributed by atoms with Gasteiger partial charge in [-0.3, -0.25) is 14.4 Å². The highest BCUT2D eigenvalue weighted by molar-refractivity contribution is 7.91. The normalized spacial score (nSPS) is 19.2. The number of carbonyl (C=O) groups excluding carboxylic acids is 3. The second kappa shape index (κ2) is 15.4. The number of ketones is 1. The molecule has 1 aromatic carbocycles. The number of carbonyl (C=O) groups is 3. The van der Waals surface area contributed by atoms with Crippen molar-refractivity contribution < 1.29 is 53.9 Å². The summed E-state index contributed by atoms with van der Waals surface area (Å²) in [7, 11) is -4.98. The van der Waals surface area contributed by atoms with Gasteiger partial charge in [0.25, 0.3) is 15.8 Å². The summed E-state index contributed by atoms with van der Waals surface area (Å²) in [6, 6.07) is 3.32. The number of nitrogens with zero attached hydrogens (tertiary/aromatic N) is 1. The molecule has 19 heteroatoms. The Kier molecular flexibility index (Phi) is 12.6. The van der Waals surface area contributed by atoms with E-state index < -0.39 is 92.9 Å². The Labute approximate surface area is 274 Å². The molecule has 2 N–H and O–H groups in total. The fraction of sp³-hybridized carbons (Fsp3) is 0.519. The van der Waals surface area contributed by atoms with Crippen LogP contribution in [-0.2, 0) is 39.8 Å². The summed E-state index contributed by atoms with van der Waals surface area (Å²) in [5.41, 5.74) is 0.298. The van der Waals surface area contributed by atoms with E-state index in [1.165, 1.54) is 64.5 Å². The zero-order valence-corrected chi connectivity index (χ0v) is 28.2. The molecule has 3 rings (SSSR count). The van der Waals surface area contributed by atoms with Crippen molar-refractivity contribution >= 4 is 61.3 Å². The number of alkyl halides is 3. The van der Waals surface area contributed by atoms with Crippen LogP contribution in [0.15, 0.2) is 40.6 Å². The summed E-state index contributed by atoms with van der Waals surface area (Å²) < 4.78 is 104. The molecule has 1 fully saturated rings. The number of likely N-dealkylation sites (tertiary alicyclic amines) is 1. The summed E-state index contributed by atoms with van der Waals surface area (Å²) in [5.74, 6) is -5.89. The highest BCUT2D eigenvalue weighted by Crippen LogP contribution is 2.37. The van der Waals surface area contributed by atoms with E-state index in [1.54, 1.807) is 0 Å². The molecule has 2 aromatic rings. The van der Waals surface area contributed by atoms with Crippen molar-refractivity contribution in [2.24, 2.45) is 11.8 Å². The van der Waals surface area contributed by atoms with Crippen molar-refractivity contribution in [1.82, 2.24) is 14.9 Å². The summed E-state index contributed by atoms with van der Waals surface area (Å²) >= 11 is 6.58. The van der Waals surface area contributed by atoms with Gasteiger partial charge in [-0.1, -0.05) is 37.6 Å². The number of Topliss-reactive ketones (excluding diaryl/α,β-unsaturated/α-hetero) is 1. The molecule has 5 atom stereocenters. The van der Waals surface area contributed by atoms with E-state index in [4.69, 9.17) is 21.1 Å². The summed E-state index contributed by atoms with van der Waals surface area (Å²) in [6.45, 7) is 1.66. The Morgan fingerprint density at radius 1 is 1.11 bits per heavy atom. The molecule has 256 valence electrons. The molecule has 2 amide bonds. The number of sulfonamides is 1. The van der Waals surface area contributed by atoms with E-state index >= 15 is 0 Å².